The molecule has 0 unspecified atom stereocenters. The van der Waals surface area contributed by atoms with Crippen molar-refractivity contribution < 1.29 is 19.0 Å². The Kier molecular flexibility index (Phi) is 5.73. The molecule has 142 valence electrons. The van der Waals surface area contributed by atoms with Gasteiger partial charge >= 0.3 is 0 Å². The lowest BCUT2D eigenvalue weighted by atomic mass is 10.1. The molecule has 1 amide bonds. The minimum atomic E-state index is -0.481. The van der Waals surface area contributed by atoms with E-state index in [0.717, 1.165) is 28.0 Å². The number of amides is 1. The van der Waals surface area contributed by atoms with Crippen LogP contribution in [0.2, 0.25) is 0 Å². The number of aromatic nitrogens is 2. The number of hydrogen-bond acceptors (Lipinski definition) is 5. The van der Waals surface area contributed by atoms with Crippen LogP contribution in [0.5, 0.6) is 5.75 Å². The number of nitrogens with one attached hydrogen (secondary N) is 1. The molecule has 3 aromatic rings. The number of benzene rings is 2. The monoisotopic (exact) mass is 369 g/mol. The maximum atomic E-state index is 12.4. The summed E-state index contributed by atoms with van der Waals surface area (Å²) in [5.74, 6) is 0.547. The van der Waals surface area contributed by atoms with E-state index in [1.807, 2.05) is 35.8 Å². The number of ether oxygens (including phenoxy) is 3. The van der Waals surface area contributed by atoms with Gasteiger partial charge in [-0.25, -0.2) is 4.98 Å². The number of hydrogen-bond donors (Lipinski definition) is 1. The molecule has 0 aliphatic carbocycles. The smallest absolute Gasteiger partial charge is 0.251 e. The van der Waals surface area contributed by atoms with Gasteiger partial charge in [0.2, 0.25) is 0 Å². The lowest BCUT2D eigenvalue weighted by molar-refractivity contribution is -0.0974. The van der Waals surface area contributed by atoms with E-state index in [9.17, 15) is 4.79 Å². The van der Waals surface area contributed by atoms with Crippen LogP contribution in [0.4, 0.5) is 0 Å². The van der Waals surface area contributed by atoms with Gasteiger partial charge in [0.1, 0.15) is 12.1 Å². The fourth-order valence-corrected chi connectivity index (χ4v) is 2.88. The molecular formula is C20H23N3O4. The first kappa shape index (κ1) is 18.9. The Morgan fingerprint density at radius 2 is 1.93 bits per heavy atom. The highest BCUT2D eigenvalue weighted by Crippen LogP contribution is 2.27. The fraction of sp³-hybridized carbons (Fsp3) is 0.300. The first-order chi connectivity index (χ1) is 13.1. The third-order valence-corrected chi connectivity index (χ3v) is 4.36. The van der Waals surface area contributed by atoms with E-state index in [2.05, 4.69) is 10.3 Å². The zero-order valence-electron chi connectivity index (χ0n) is 15.9. The fourth-order valence-electron chi connectivity index (χ4n) is 2.88. The zero-order valence-corrected chi connectivity index (χ0v) is 15.9. The highest BCUT2D eigenvalue weighted by Gasteiger charge is 2.14. The number of carbonyl (C=O) groups excluding carboxylic acids is 1. The molecule has 0 aliphatic heterocycles. The van der Waals surface area contributed by atoms with Crippen LogP contribution in [-0.4, -0.2) is 49.6 Å². The largest absolute Gasteiger partial charge is 0.495 e. The molecule has 0 fully saturated rings. The molecule has 0 saturated heterocycles. The van der Waals surface area contributed by atoms with Crippen molar-refractivity contribution in [2.75, 3.05) is 27.9 Å². The third-order valence-electron chi connectivity index (χ3n) is 4.36. The second-order valence-corrected chi connectivity index (χ2v) is 6.10. The van der Waals surface area contributed by atoms with E-state index in [0.29, 0.717) is 5.56 Å². The summed E-state index contributed by atoms with van der Waals surface area (Å²) in [6.07, 6.45) is 1.25. The van der Waals surface area contributed by atoms with Gasteiger partial charge in [0.15, 0.2) is 6.29 Å². The van der Waals surface area contributed by atoms with E-state index in [4.69, 9.17) is 14.2 Å². The molecule has 0 spiro atoms. The summed E-state index contributed by atoms with van der Waals surface area (Å²) in [5, 5.41) is 2.79. The summed E-state index contributed by atoms with van der Waals surface area (Å²) < 4.78 is 17.6. The van der Waals surface area contributed by atoms with E-state index in [1.54, 1.807) is 25.6 Å². The molecule has 1 N–H and O–H groups in total. The molecule has 0 saturated carbocycles. The Morgan fingerprint density at radius 1 is 1.15 bits per heavy atom. The number of methoxy groups -OCH3 is 3. The highest BCUT2D eigenvalue weighted by molar-refractivity contribution is 5.97. The number of rotatable bonds is 7. The molecule has 7 nitrogen and oxygen atoms in total. The second-order valence-electron chi connectivity index (χ2n) is 6.10. The minimum absolute atomic E-state index is 0.210. The normalized spacial score (nSPS) is 11.1. The lowest BCUT2D eigenvalue weighted by Gasteiger charge is -2.14. The van der Waals surface area contributed by atoms with E-state index < -0.39 is 6.29 Å². The van der Waals surface area contributed by atoms with Crippen molar-refractivity contribution in [3.63, 3.8) is 0 Å². The van der Waals surface area contributed by atoms with Gasteiger partial charge < -0.3 is 19.5 Å². The average molecular weight is 369 g/mol. The van der Waals surface area contributed by atoms with Crippen molar-refractivity contribution in [2.24, 2.45) is 0 Å². The number of carbonyl (C=O) groups is 1. The Labute approximate surface area is 157 Å². The summed E-state index contributed by atoms with van der Waals surface area (Å²) in [6, 6.07) is 11.4. The Balaban J connectivity index is 1.89. The molecule has 3 rings (SSSR count). The number of imidazole rings is 1. The van der Waals surface area contributed by atoms with Crippen LogP contribution in [0.15, 0.2) is 42.7 Å². The average Bonchev–Trinajstić information content (AvgIpc) is 3.11. The summed E-state index contributed by atoms with van der Waals surface area (Å²) in [5.41, 5.74) is 4.16. The number of fused-ring (bicyclic) bond motifs is 1. The van der Waals surface area contributed by atoms with Crippen molar-refractivity contribution in [1.29, 1.82) is 0 Å². The van der Waals surface area contributed by atoms with E-state index >= 15 is 0 Å². The quantitative estimate of drug-likeness (QED) is 0.648. The van der Waals surface area contributed by atoms with Gasteiger partial charge in [0.05, 0.1) is 30.4 Å². The van der Waals surface area contributed by atoms with Gasteiger partial charge in [-0.05, 0) is 42.8 Å². The standard InChI is InChI=1S/C20H23N3O4/c1-13-5-8-18(25-2)17(9-13)23-12-22-15-10-14(6-7-16(15)23)20(24)21-11-19(26-3)27-4/h5-10,12,19H,11H2,1-4H3,(H,21,24). The van der Waals surface area contributed by atoms with Crippen molar-refractivity contribution in [3.8, 4) is 11.4 Å². The van der Waals surface area contributed by atoms with Crippen LogP contribution in [0.25, 0.3) is 16.7 Å². The molecule has 0 aliphatic rings. The van der Waals surface area contributed by atoms with Crippen LogP contribution in [0.3, 0.4) is 0 Å². The third kappa shape index (κ3) is 3.94. The lowest BCUT2D eigenvalue weighted by Crippen LogP contribution is -2.34. The molecule has 7 heteroatoms. The van der Waals surface area contributed by atoms with Gasteiger partial charge in [-0.2, -0.15) is 0 Å². The van der Waals surface area contributed by atoms with Gasteiger partial charge in [-0.15, -0.1) is 0 Å². The first-order valence-electron chi connectivity index (χ1n) is 8.53. The molecule has 27 heavy (non-hydrogen) atoms. The summed E-state index contributed by atoms with van der Waals surface area (Å²) >= 11 is 0. The molecule has 0 bridgehead atoms. The van der Waals surface area contributed by atoms with Crippen LogP contribution in [0, 0.1) is 6.92 Å². The van der Waals surface area contributed by atoms with Crippen LogP contribution >= 0.6 is 0 Å². The van der Waals surface area contributed by atoms with Crippen LogP contribution < -0.4 is 10.1 Å². The predicted molar refractivity (Wildman–Crippen MR) is 102 cm³/mol. The summed E-state index contributed by atoms with van der Waals surface area (Å²) in [6.45, 7) is 2.29. The first-order valence-corrected chi connectivity index (χ1v) is 8.53. The van der Waals surface area contributed by atoms with Crippen molar-refractivity contribution in [3.05, 3.63) is 53.9 Å². The number of aryl methyl sites for hydroxylation is 1. The van der Waals surface area contributed by atoms with Gasteiger partial charge in [0, 0.05) is 19.8 Å². The molecule has 0 radical (unpaired) electrons. The van der Waals surface area contributed by atoms with E-state index in [-0.39, 0.29) is 12.5 Å². The second kappa shape index (κ2) is 8.20. The van der Waals surface area contributed by atoms with Crippen LogP contribution in [0.1, 0.15) is 15.9 Å². The van der Waals surface area contributed by atoms with Crippen LogP contribution in [-0.2, 0) is 9.47 Å². The SMILES string of the molecule is COc1ccc(C)cc1-n1cnc2cc(C(=O)NCC(OC)OC)ccc21. The summed E-state index contributed by atoms with van der Waals surface area (Å²) in [7, 11) is 4.69. The van der Waals surface area contributed by atoms with Gasteiger partial charge in [0.25, 0.3) is 5.91 Å². The molecular weight excluding hydrogens is 346 g/mol. The van der Waals surface area contributed by atoms with Gasteiger partial charge in [-0.3, -0.25) is 9.36 Å². The van der Waals surface area contributed by atoms with Crippen molar-refractivity contribution in [1.82, 2.24) is 14.9 Å². The molecule has 1 aromatic heterocycles. The zero-order chi connectivity index (χ0) is 19.4. The minimum Gasteiger partial charge on any atom is -0.495 e. The number of nitrogens with zero attached hydrogens (tertiary/aromatic N) is 2. The topological polar surface area (TPSA) is 74.6 Å². The van der Waals surface area contributed by atoms with Crippen molar-refractivity contribution in [2.45, 2.75) is 13.2 Å². The summed E-state index contributed by atoms with van der Waals surface area (Å²) in [4.78, 5) is 16.8. The Bertz CT molecular complexity index is 948. The molecule has 1 heterocycles. The molecule has 0 atom stereocenters. The van der Waals surface area contributed by atoms with E-state index in [1.165, 1.54) is 14.2 Å². The van der Waals surface area contributed by atoms with Crippen molar-refractivity contribution >= 4 is 16.9 Å². The maximum absolute atomic E-state index is 12.4. The van der Waals surface area contributed by atoms with Gasteiger partial charge in [-0.1, -0.05) is 6.07 Å². The highest BCUT2D eigenvalue weighted by atomic mass is 16.7. The maximum Gasteiger partial charge on any atom is 0.251 e. The predicted octanol–water partition coefficient (Wildman–Crippen LogP) is 2.69. The molecule has 2 aromatic carbocycles. The Hall–Kier alpha value is -2.90. The Morgan fingerprint density at radius 3 is 2.63 bits per heavy atom.